The minimum atomic E-state index is -0.162. The Balaban J connectivity index is 0.666. The minimum Gasteiger partial charge on any atom is -0.309 e. The Bertz CT molecular complexity index is 4680. The Morgan fingerprint density at radius 2 is 0.588 bits per heavy atom. The second-order valence-corrected chi connectivity index (χ2v) is 23.3. The van der Waals surface area contributed by atoms with Crippen LogP contribution in [0.25, 0.3) is 134 Å². The summed E-state index contributed by atoms with van der Waals surface area (Å²) in [5, 5.41) is 10.0. The van der Waals surface area contributed by atoms with E-state index in [4.69, 9.17) is 0 Å². The van der Waals surface area contributed by atoms with E-state index in [-0.39, 0.29) is 10.8 Å². The molecule has 0 atom stereocenters. The zero-order valence-electron chi connectivity index (χ0n) is 45.3. The van der Waals surface area contributed by atoms with E-state index < -0.39 is 0 Å². The minimum absolute atomic E-state index is 0.162. The molecule has 0 saturated heterocycles. The van der Waals surface area contributed by atoms with Gasteiger partial charge in [0.1, 0.15) is 0 Å². The standard InChI is InChI=1S/C78H56N2/c1-77(2)67-45-51(29-27-49-33-41-75-65(43-49)63-21-9-11-23-73(63)79(75)71-25-13-17-53-15-5-7-19-57(53)71)31-37-59(67)61-39-35-55(47-69(61)77)56-36-40-62-60-38-32-52(46-68(60)78(3,4)70(62)48-56)30-28-50-34-42-76-66(44-50)64-22-10-12-24-74(64)80(76)72-26-14-18-54-16-6-8-20-58(54)72/h5-48H,1-4H3. The SMILES string of the molecule is CC1(C)c2cc(C=Cc3ccc4c(c3)c3ccccc3n4-c3cccc4ccccc34)ccc2-c2ccc(-c3ccc4c(c3)C(C)(C)c3cc(C=Cc5ccc6c(c5)c5ccccc5n6-c5cccc6ccccc56)ccc3-4)cc21. The monoisotopic (exact) mass is 1020 g/mol. The van der Waals surface area contributed by atoms with Crippen LogP contribution in [0.1, 0.15) is 72.2 Å². The van der Waals surface area contributed by atoms with E-state index in [1.165, 1.54) is 154 Å². The van der Waals surface area contributed by atoms with Crippen LogP contribution in [0.5, 0.6) is 0 Å². The first-order valence-electron chi connectivity index (χ1n) is 28.1. The molecule has 0 radical (unpaired) electrons. The largest absolute Gasteiger partial charge is 0.309 e. The van der Waals surface area contributed by atoms with Gasteiger partial charge in [-0.3, -0.25) is 0 Å². The summed E-state index contributed by atoms with van der Waals surface area (Å²) in [6.07, 6.45) is 9.12. The van der Waals surface area contributed by atoms with Crippen LogP contribution in [-0.4, -0.2) is 9.13 Å². The number of fused-ring (bicyclic) bond motifs is 14. The third-order valence-corrected chi connectivity index (χ3v) is 18.1. The lowest BCUT2D eigenvalue weighted by molar-refractivity contribution is 0.659. The van der Waals surface area contributed by atoms with E-state index in [1.54, 1.807) is 0 Å². The Morgan fingerprint density at radius 3 is 1.02 bits per heavy atom. The fraction of sp³-hybridized carbons (Fsp3) is 0.0769. The molecule has 0 amide bonds. The molecule has 16 rings (SSSR count). The maximum atomic E-state index is 2.47. The molecule has 0 N–H and O–H groups in total. The van der Waals surface area contributed by atoms with Gasteiger partial charge in [-0.25, -0.2) is 0 Å². The highest BCUT2D eigenvalue weighted by Gasteiger charge is 2.38. The third kappa shape index (κ3) is 6.98. The van der Waals surface area contributed by atoms with Crippen LogP contribution < -0.4 is 0 Å². The molecule has 14 aromatic rings. The van der Waals surface area contributed by atoms with Crippen molar-refractivity contribution in [3.05, 3.63) is 287 Å². The van der Waals surface area contributed by atoms with E-state index in [0.717, 1.165) is 0 Å². The highest BCUT2D eigenvalue weighted by Crippen LogP contribution is 2.53. The topological polar surface area (TPSA) is 9.86 Å². The van der Waals surface area contributed by atoms with E-state index >= 15 is 0 Å². The van der Waals surface area contributed by atoms with Gasteiger partial charge in [-0.1, -0.05) is 234 Å². The summed E-state index contributed by atoms with van der Waals surface area (Å²) in [7, 11) is 0. The normalized spacial score (nSPS) is 14.1. The number of benzene rings is 12. The summed E-state index contributed by atoms with van der Waals surface area (Å²) in [4.78, 5) is 0. The lowest BCUT2D eigenvalue weighted by atomic mass is 9.80. The van der Waals surface area contributed by atoms with Gasteiger partial charge in [-0.15, -0.1) is 0 Å². The van der Waals surface area contributed by atoms with Gasteiger partial charge >= 0.3 is 0 Å². The maximum Gasteiger partial charge on any atom is 0.0541 e. The number of rotatable bonds is 7. The molecule has 12 aromatic carbocycles. The molecule has 0 unspecified atom stereocenters. The Morgan fingerprint density at radius 1 is 0.263 bits per heavy atom. The molecule has 2 aliphatic rings. The summed E-state index contributed by atoms with van der Waals surface area (Å²) in [6.45, 7) is 9.58. The Kier molecular flexibility index (Phi) is 10.1. The predicted octanol–water partition coefficient (Wildman–Crippen LogP) is 20.8. The second kappa shape index (κ2) is 17.4. The molecule has 0 aliphatic heterocycles. The molecule has 80 heavy (non-hydrogen) atoms. The van der Waals surface area contributed by atoms with Crippen LogP contribution in [-0.2, 0) is 10.8 Å². The summed E-state index contributed by atoms with van der Waals surface area (Å²) in [5.41, 5.74) is 25.1. The van der Waals surface area contributed by atoms with Crippen molar-refractivity contribution >= 4 is 89.5 Å². The number of nitrogens with zero attached hydrogens (tertiary/aromatic N) is 2. The van der Waals surface area contributed by atoms with Crippen LogP contribution in [0.2, 0.25) is 0 Å². The van der Waals surface area contributed by atoms with Gasteiger partial charge in [0, 0.05) is 43.1 Å². The molecule has 0 bridgehead atoms. The van der Waals surface area contributed by atoms with Crippen LogP contribution in [0, 0.1) is 0 Å². The molecule has 2 heterocycles. The molecule has 2 nitrogen and oxygen atoms in total. The number of hydrogen-bond acceptors (Lipinski definition) is 0. The summed E-state index contributed by atoms with van der Waals surface area (Å²) < 4.78 is 4.86. The van der Waals surface area contributed by atoms with Gasteiger partial charge in [-0.05, 0) is 149 Å². The van der Waals surface area contributed by atoms with Crippen LogP contribution in [0.4, 0.5) is 0 Å². The molecule has 0 spiro atoms. The van der Waals surface area contributed by atoms with Crippen LogP contribution >= 0.6 is 0 Å². The molecule has 2 aromatic heterocycles. The fourth-order valence-electron chi connectivity index (χ4n) is 14.0. The molecule has 2 heteroatoms. The molecule has 0 fully saturated rings. The average molecular weight is 1020 g/mol. The van der Waals surface area contributed by atoms with Gasteiger partial charge in [0.2, 0.25) is 0 Å². The van der Waals surface area contributed by atoms with Crippen LogP contribution in [0.15, 0.2) is 243 Å². The number of hydrogen-bond donors (Lipinski definition) is 0. The second-order valence-electron chi connectivity index (χ2n) is 23.3. The van der Waals surface area contributed by atoms with Crippen molar-refractivity contribution in [1.82, 2.24) is 9.13 Å². The summed E-state index contributed by atoms with van der Waals surface area (Å²) in [6, 6.07) is 90.4. The van der Waals surface area contributed by atoms with E-state index in [1.807, 2.05) is 0 Å². The number of para-hydroxylation sites is 2. The zero-order valence-corrected chi connectivity index (χ0v) is 45.3. The van der Waals surface area contributed by atoms with Crippen molar-refractivity contribution in [2.75, 3.05) is 0 Å². The molecule has 2 aliphatic carbocycles. The van der Waals surface area contributed by atoms with Crippen molar-refractivity contribution < 1.29 is 0 Å². The molecule has 378 valence electrons. The first-order valence-corrected chi connectivity index (χ1v) is 28.1. The Labute approximate surface area is 466 Å². The van der Waals surface area contributed by atoms with Gasteiger partial charge in [0.25, 0.3) is 0 Å². The average Bonchev–Trinajstić information content (AvgIpc) is 4.38. The first kappa shape index (κ1) is 46.3. The van der Waals surface area contributed by atoms with Crippen molar-refractivity contribution in [1.29, 1.82) is 0 Å². The smallest absolute Gasteiger partial charge is 0.0541 e. The highest BCUT2D eigenvalue weighted by molar-refractivity contribution is 6.13. The molecular weight excluding hydrogens is 965 g/mol. The Hall–Kier alpha value is -9.76. The molecular formula is C78H56N2. The van der Waals surface area contributed by atoms with E-state index in [9.17, 15) is 0 Å². The lowest BCUT2D eigenvalue weighted by Gasteiger charge is -2.23. The van der Waals surface area contributed by atoms with Gasteiger partial charge in [0.05, 0.1) is 33.4 Å². The van der Waals surface area contributed by atoms with Crippen molar-refractivity contribution in [3.63, 3.8) is 0 Å². The van der Waals surface area contributed by atoms with Crippen molar-refractivity contribution in [2.24, 2.45) is 0 Å². The number of aromatic nitrogens is 2. The maximum absolute atomic E-state index is 2.47. The summed E-state index contributed by atoms with van der Waals surface area (Å²) in [5.74, 6) is 0. The van der Waals surface area contributed by atoms with Gasteiger partial charge in [0.15, 0.2) is 0 Å². The fourth-order valence-corrected chi connectivity index (χ4v) is 14.0. The third-order valence-electron chi connectivity index (χ3n) is 18.1. The van der Waals surface area contributed by atoms with Gasteiger partial charge in [-0.2, -0.15) is 0 Å². The van der Waals surface area contributed by atoms with Gasteiger partial charge < -0.3 is 9.13 Å². The molecule has 0 saturated carbocycles. The predicted molar refractivity (Wildman–Crippen MR) is 341 cm³/mol. The zero-order chi connectivity index (χ0) is 53.4. The van der Waals surface area contributed by atoms with Crippen molar-refractivity contribution in [2.45, 2.75) is 38.5 Å². The lowest BCUT2D eigenvalue weighted by Crippen LogP contribution is -2.15. The summed E-state index contributed by atoms with van der Waals surface area (Å²) >= 11 is 0. The van der Waals surface area contributed by atoms with E-state index in [2.05, 4.69) is 304 Å². The first-order chi connectivity index (χ1) is 39.2. The quantitative estimate of drug-likeness (QED) is 0.141. The van der Waals surface area contributed by atoms with Crippen molar-refractivity contribution in [3.8, 4) is 44.8 Å². The highest BCUT2D eigenvalue weighted by atomic mass is 15.0. The van der Waals surface area contributed by atoms with E-state index in [0.29, 0.717) is 0 Å². The van der Waals surface area contributed by atoms with Crippen LogP contribution in [0.3, 0.4) is 0 Å².